The van der Waals surface area contributed by atoms with Gasteiger partial charge in [-0.05, 0) is 56.7 Å². The second kappa shape index (κ2) is 13.5. The van der Waals surface area contributed by atoms with Crippen LogP contribution in [0, 0.1) is 16.7 Å². The number of hydrogen-bond acceptors (Lipinski definition) is 7. The second-order valence-electron chi connectivity index (χ2n) is 11.7. The highest BCUT2D eigenvalue weighted by atomic mass is 16.4. The van der Waals surface area contributed by atoms with Gasteiger partial charge in [-0.25, -0.2) is 24.2 Å². The molecule has 210 valence electrons. The van der Waals surface area contributed by atoms with Crippen LogP contribution in [0.2, 0.25) is 0 Å². The highest BCUT2D eigenvalue weighted by Crippen LogP contribution is 2.34. The van der Waals surface area contributed by atoms with Gasteiger partial charge in [-0.1, -0.05) is 41.5 Å². The molecule has 0 unspecified atom stereocenters. The number of unbranched alkanes of at least 4 members (excludes halogenated alkanes) is 1. The molecule has 0 spiro atoms. The van der Waals surface area contributed by atoms with E-state index in [-0.39, 0.29) is 5.91 Å². The van der Waals surface area contributed by atoms with Gasteiger partial charge in [0.25, 0.3) is 0 Å². The molecule has 0 bridgehead atoms. The van der Waals surface area contributed by atoms with Crippen LogP contribution in [-0.2, 0) is 20.9 Å². The molecule has 11 heteroatoms. The Morgan fingerprint density at radius 3 is 2.08 bits per heavy atom. The lowest BCUT2D eigenvalue weighted by molar-refractivity contribution is -0.134. The van der Waals surface area contributed by atoms with Crippen molar-refractivity contribution < 1.29 is 24.6 Å². The zero-order valence-corrected chi connectivity index (χ0v) is 23.4. The molecule has 11 nitrogen and oxygen atoms in total. The minimum absolute atomic E-state index is 0.0644. The molecule has 0 atom stereocenters. The van der Waals surface area contributed by atoms with Crippen LogP contribution in [0.25, 0.3) is 11.0 Å². The van der Waals surface area contributed by atoms with Crippen LogP contribution in [0.5, 0.6) is 0 Å². The molecule has 0 saturated carbocycles. The fraction of sp³-hybridized carbons (Fsp3) is 0.630. The number of anilines is 1. The first-order valence-corrected chi connectivity index (χ1v) is 13.0. The number of carbonyl (C=O) groups is 3. The maximum atomic E-state index is 12.3. The summed E-state index contributed by atoms with van der Waals surface area (Å²) in [4.78, 5) is 42.7. The Kier molecular flexibility index (Phi) is 10.9. The second-order valence-corrected chi connectivity index (χ2v) is 11.7. The van der Waals surface area contributed by atoms with Crippen LogP contribution in [0.3, 0.4) is 0 Å². The maximum Gasteiger partial charge on any atom is 0.328 e. The van der Waals surface area contributed by atoms with Crippen LogP contribution < -0.4 is 5.32 Å². The smallest absolute Gasteiger partial charge is 0.328 e. The number of amides is 1. The van der Waals surface area contributed by atoms with E-state index in [0.29, 0.717) is 23.4 Å². The van der Waals surface area contributed by atoms with Crippen LogP contribution in [0.4, 0.5) is 5.82 Å². The summed E-state index contributed by atoms with van der Waals surface area (Å²) in [6, 6.07) is 0. The first-order chi connectivity index (χ1) is 17.7. The summed E-state index contributed by atoms with van der Waals surface area (Å²) in [6.45, 7) is 17.2. The van der Waals surface area contributed by atoms with Gasteiger partial charge >= 0.3 is 11.9 Å². The molecule has 0 aromatic carbocycles. The molecule has 1 fully saturated rings. The predicted octanol–water partition coefficient (Wildman–Crippen LogP) is 4.06. The Bertz CT molecular complexity index is 1110. The summed E-state index contributed by atoms with van der Waals surface area (Å²) in [7, 11) is 0. The average molecular weight is 531 g/mol. The summed E-state index contributed by atoms with van der Waals surface area (Å²) >= 11 is 0. The average Bonchev–Trinajstić information content (AvgIpc) is 3.24. The molecule has 1 aliphatic heterocycles. The monoisotopic (exact) mass is 530 g/mol. The van der Waals surface area contributed by atoms with E-state index in [1.54, 1.807) is 6.20 Å². The van der Waals surface area contributed by atoms with Crippen molar-refractivity contribution >= 4 is 34.7 Å². The van der Waals surface area contributed by atoms with Crippen molar-refractivity contribution in [2.24, 2.45) is 16.7 Å². The highest BCUT2D eigenvalue weighted by molar-refractivity contribution is 6.00. The number of carbonyl (C=O) groups excluding carboxylic acids is 1. The molecule has 0 radical (unpaired) electrons. The van der Waals surface area contributed by atoms with Crippen LogP contribution >= 0.6 is 0 Å². The van der Waals surface area contributed by atoms with Gasteiger partial charge in [0.2, 0.25) is 5.91 Å². The molecule has 1 aliphatic rings. The molecule has 1 amide bonds. The minimum Gasteiger partial charge on any atom is -0.478 e. The van der Waals surface area contributed by atoms with Gasteiger partial charge in [0, 0.05) is 24.1 Å². The number of aryl methyl sites for hydroxylation is 1. The fourth-order valence-electron chi connectivity index (χ4n) is 4.21. The van der Waals surface area contributed by atoms with E-state index in [0.717, 1.165) is 42.9 Å². The lowest BCUT2D eigenvalue weighted by Gasteiger charge is -2.38. The number of carboxylic acid groups (broad SMARTS) is 2. The van der Waals surface area contributed by atoms with Gasteiger partial charge in [0.05, 0.1) is 11.6 Å². The van der Waals surface area contributed by atoms with Crippen molar-refractivity contribution in [3.8, 4) is 0 Å². The zero-order valence-electron chi connectivity index (χ0n) is 23.4. The van der Waals surface area contributed by atoms with Gasteiger partial charge in [-0.15, -0.1) is 0 Å². The lowest BCUT2D eigenvalue weighted by atomic mass is 9.75. The summed E-state index contributed by atoms with van der Waals surface area (Å²) in [5.41, 5.74) is 0.731. The van der Waals surface area contributed by atoms with Crippen LogP contribution in [-0.4, -0.2) is 72.3 Å². The standard InChI is InChI=1S/C23H38N6O.C4H4O4/c1-22(2,3)17-9-13-28(14-10-17)11-7-8-12-29-20-18(15-26-29)19(24-16-25-20)27-21(30)23(4,5)6;5-3(6)1-2-4(7)8/h15-17H,7-14H2,1-6H3,(H,24,25,27,30);1-2H,(H,5,6)(H,7,8). The minimum atomic E-state index is -1.26. The molecule has 3 N–H and O–H groups in total. The molecule has 1 saturated heterocycles. The zero-order chi connectivity index (χ0) is 28.5. The number of aliphatic carboxylic acids is 2. The van der Waals surface area contributed by atoms with E-state index < -0.39 is 17.4 Å². The molecule has 3 rings (SSSR count). The summed E-state index contributed by atoms with van der Waals surface area (Å²) in [6.07, 6.45) is 9.21. The van der Waals surface area contributed by atoms with Crippen molar-refractivity contribution in [3.05, 3.63) is 24.7 Å². The van der Waals surface area contributed by atoms with Gasteiger partial charge < -0.3 is 20.4 Å². The number of hydrogen-bond donors (Lipinski definition) is 3. The summed E-state index contributed by atoms with van der Waals surface area (Å²) < 4.78 is 1.93. The lowest BCUT2D eigenvalue weighted by Crippen LogP contribution is -2.38. The topological polar surface area (TPSA) is 151 Å². The van der Waals surface area contributed by atoms with Crippen LogP contribution in [0.1, 0.15) is 67.2 Å². The first kappa shape index (κ1) is 30.9. The predicted molar refractivity (Wildman–Crippen MR) is 146 cm³/mol. The summed E-state index contributed by atoms with van der Waals surface area (Å²) in [5.74, 6) is -1.20. The fourth-order valence-corrected chi connectivity index (χ4v) is 4.21. The number of piperidine rings is 1. The number of likely N-dealkylation sites (tertiary alicyclic amines) is 1. The van der Waals surface area contributed by atoms with Crippen molar-refractivity contribution in [1.82, 2.24) is 24.6 Å². The van der Waals surface area contributed by atoms with E-state index in [1.165, 1.54) is 32.3 Å². The molecule has 38 heavy (non-hydrogen) atoms. The summed E-state index contributed by atoms with van der Waals surface area (Å²) in [5, 5.41) is 23.8. The largest absolute Gasteiger partial charge is 0.478 e. The number of nitrogens with zero attached hydrogens (tertiary/aromatic N) is 5. The Balaban J connectivity index is 0.000000550. The van der Waals surface area contributed by atoms with E-state index in [9.17, 15) is 14.4 Å². The van der Waals surface area contributed by atoms with E-state index in [2.05, 4.69) is 46.1 Å². The van der Waals surface area contributed by atoms with E-state index in [1.807, 2.05) is 25.5 Å². The van der Waals surface area contributed by atoms with Crippen molar-refractivity contribution in [3.63, 3.8) is 0 Å². The molecule has 3 heterocycles. The van der Waals surface area contributed by atoms with Crippen LogP contribution in [0.15, 0.2) is 24.7 Å². The Morgan fingerprint density at radius 2 is 1.55 bits per heavy atom. The SMILES string of the molecule is CC(C)(C)C(=O)Nc1ncnc2c1cnn2CCCCN1CCC(C(C)(C)C)CC1.O=C(O)C=CC(=O)O. The maximum absolute atomic E-state index is 12.3. The van der Waals surface area contributed by atoms with Crippen molar-refractivity contribution in [1.29, 1.82) is 0 Å². The third kappa shape index (κ3) is 9.85. The molecular weight excluding hydrogens is 488 g/mol. The van der Waals surface area contributed by atoms with E-state index in [4.69, 9.17) is 10.2 Å². The van der Waals surface area contributed by atoms with Crippen molar-refractivity contribution in [2.75, 3.05) is 25.0 Å². The van der Waals surface area contributed by atoms with Gasteiger partial charge in [0.1, 0.15) is 12.1 Å². The molecular formula is C27H42N6O5. The van der Waals surface area contributed by atoms with Gasteiger partial charge in [-0.2, -0.15) is 5.10 Å². The quantitative estimate of drug-likeness (QED) is 0.339. The first-order valence-electron chi connectivity index (χ1n) is 13.0. The molecule has 0 aliphatic carbocycles. The number of fused-ring (bicyclic) bond motifs is 1. The third-order valence-electron chi connectivity index (χ3n) is 6.62. The Hall–Kier alpha value is -3.34. The number of rotatable bonds is 8. The Morgan fingerprint density at radius 1 is 0.974 bits per heavy atom. The van der Waals surface area contributed by atoms with E-state index >= 15 is 0 Å². The normalized spacial score (nSPS) is 15.3. The third-order valence-corrected chi connectivity index (χ3v) is 6.62. The number of carboxylic acids is 2. The van der Waals surface area contributed by atoms with Gasteiger partial charge in [-0.3, -0.25) is 4.79 Å². The Labute approximate surface area is 224 Å². The van der Waals surface area contributed by atoms with Gasteiger partial charge in [0.15, 0.2) is 5.65 Å². The molecule has 2 aromatic heterocycles. The highest BCUT2D eigenvalue weighted by Gasteiger charge is 2.28. The van der Waals surface area contributed by atoms with Crippen molar-refractivity contribution in [2.45, 2.75) is 73.8 Å². The number of aromatic nitrogens is 4. The molecule has 2 aromatic rings. The number of nitrogens with one attached hydrogen (secondary N) is 1.